The number of carbonyl (C=O) groups excluding carboxylic acids is 1. The Bertz CT molecular complexity index is 647. The number of fused-ring (bicyclic) bond motifs is 1. The second kappa shape index (κ2) is 5.23. The molecule has 0 unspecified atom stereocenters. The van der Waals surface area contributed by atoms with E-state index in [0.29, 0.717) is 24.2 Å². The molecule has 2 heterocycles. The Balaban J connectivity index is 1.77. The topological polar surface area (TPSA) is 99.7 Å². The fourth-order valence-electron chi connectivity index (χ4n) is 2.53. The molecule has 21 heavy (non-hydrogen) atoms. The number of H-pyrrole nitrogens is 1. The third-order valence-corrected chi connectivity index (χ3v) is 4.02. The first-order valence-electron chi connectivity index (χ1n) is 6.98. The summed E-state index contributed by atoms with van der Waals surface area (Å²) in [6, 6.07) is 1.35. The first-order valence-corrected chi connectivity index (χ1v) is 6.98. The first-order chi connectivity index (χ1) is 10.0. The summed E-state index contributed by atoms with van der Waals surface area (Å²) in [7, 11) is 0. The van der Waals surface area contributed by atoms with E-state index in [-0.39, 0.29) is 24.3 Å². The van der Waals surface area contributed by atoms with Gasteiger partial charge in [-0.15, -0.1) is 0 Å². The lowest BCUT2D eigenvalue weighted by Gasteiger charge is -2.32. The van der Waals surface area contributed by atoms with Gasteiger partial charge in [-0.05, 0) is 30.9 Å². The molecule has 1 aromatic rings. The van der Waals surface area contributed by atoms with E-state index >= 15 is 0 Å². The summed E-state index contributed by atoms with van der Waals surface area (Å²) in [6.45, 7) is 0.721. The van der Waals surface area contributed by atoms with E-state index in [0.717, 1.165) is 19.3 Å². The van der Waals surface area contributed by atoms with Crippen LogP contribution in [-0.4, -0.2) is 39.7 Å². The Morgan fingerprint density at radius 3 is 2.76 bits per heavy atom. The summed E-state index contributed by atoms with van der Waals surface area (Å²) in [5.41, 5.74) is 0.441. The first kappa shape index (κ1) is 13.7. The highest BCUT2D eigenvalue weighted by atomic mass is 16.6. The molecule has 7 nitrogen and oxygen atoms in total. The monoisotopic (exact) mass is 292 g/mol. The van der Waals surface area contributed by atoms with Gasteiger partial charge in [0.25, 0.3) is 5.56 Å². The normalized spacial score (nSPS) is 17.8. The number of hydrogen-bond acceptors (Lipinski definition) is 4. The number of hydrogen-bond donors (Lipinski definition) is 2. The smallest absolute Gasteiger partial charge is 0.410 e. The van der Waals surface area contributed by atoms with Crippen LogP contribution >= 0.6 is 0 Å². The van der Waals surface area contributed by atoms with Gasteiger partial charge in [-0.3, -0.25) is 4.79 Å². The molecule has 3 rings (SSSR count). The van der Waals surface area contributed by atoms with E-state index in [4.69, 9.17) is 9.84 Å². The van der Waals surface area contributed by atoms with E-state index in [9.17, 15) is 14.4 Å². The Labute approximate surface area is 120 Å². The number of ether oxygens (including phenoxy) is 1. The van der Waals surface area contributed by atoms with Crippen LogP contribution in [-0.2, 0) is 17.7 Å². The minimum atomic E-state index is -1.27. The highest BCUT2D eigenvalue weighted by Crippen LogP contribution is 2.24. The molecular weight excluding hydrogens is 276 g/mol. The number of amides is 1. The van der Waals surface area contributed by atoms with Crippen molar-refractivity contribution in [2.24, 2.45) is 0 Å². The molecule has 1 fully saturated rings. The number of aromatic carboxylic acids is 1. The largest absolute Gasteiger partial charge is 0.477 e. The molecule has 0 aromatic carbocycles. The maximum atomic E-state index is 12.0. The molecule has 2 N–H and O–H groups in total. The van der Waals surface area contributed by atoms with Crippen molar-refractivity contribution in [2.45, 2.75) is 38.3 Å². The van der Waals surface area contributed by atoms with Gasteiger partial charge >= 0.3 is 12.1 Å². The third-order valence-electron chi connectivity index (χ3n) is 4.02. The molecule has 1 aromatic heterocycles. The number of nitrogens with one attached hydrogen (secondary N) is 1. The zero-order chi connectivity index (χ0) is 15.0. The van der Waals surface area contributed by atoms with Crippen LogP contribution in [0.4, 0.5) is 4.79 Å². The van der Waals surface area contributed by atoms with Gasteiger partial charge in [0.15, 0.2) is 0 Å². The maximum Gasteiger partial charge on any atom is 0.410 e. The van der Waals surface area contributed by atoms with Crippen LogP contribution in [0, 0.1) is 0 Å². The average molecular weight is 292 g/mol. The number of carbonyl (C=O) groups is 2. The fraction of sp³-hybridized carbons (Fsp3) is 0.500. The molecule has 0 spiro atoms. The molecule has 1 aliphatic heterocycles. The van der Waals surface area contributed by atoms with Crippen molar-refractivity contribution in [3.05, 3.63) is 33.2 Å². The van der Waals surface area contributed by atoms with Gasteiger partial charge in [-0.2, -0.15) is 0 Å². The van der Waals surface area contributed by atoms with Gasteiger partial charge in [0.1, 0.15) is 11.7 Å². The Morgan fingerprint density at radius 1 is 1.38 bits per heavy atom. The number of pyridine rings is 1. The molecular formula is C14H16N2O5. The number of aromatic amines is 1. The maximum absolute atomic E-state index is 12.0. The quantitative estimate of drug-likeness (QED) is 0.851. The molecule has 0 atom stereocenters. The van der Waals surface area contributed by atoms with Crippen LogP contribution in [0.5, 0.6) is 0 Å². The highest BCUT2D eigenvalue weighted by molar-refractivity contribution is 5.87. The third kappa shape index (κ3) is 2.63. The lowest BCUT2D eigenvalue weighted by molar-refractivity contribution is 0.0243. The molecule has 1 amide bonds. The van der Waals surface area contributed by atoms with Gasteiger partial charge in [-0.1, -0.05) is 0 Å². The highest BCUT2D eigenvalue weighted by Gasteiger charge is 2.28. The number of aromatic nitrogens is 1. The second-order valence-electron chi connectivity index (χ2n) is 5.43. The molecule has 0 saturated heterocycles. The summed E-state index contributed by atoms with van der Waals surface area (Å²) < 4.78 is 5.34. The van der Waals surface area contributed by atoms with E-state index in [1.54, 1.807) is 4.90 Å². The SMILES string of the molecule is O=C(O)c1cc2c([nH]c1=O)CCN(C(=O)OC1CCC1)C2. The van der Waals surface area contributed by atoms with Crippen molar-refractivity contribution in [3.63, 3.8) is 0 Å². The second-order valence-corrected chi connectivity index (χ2v) is 5.43. The van der Waals surface area contributed by atoms with Crippen molar-refractivity contribution >= 4 is 12.1 Å². The fourth-order valence-corrected chi connectivity index (χ4v) is 2.53. The molecule has 0 bridgehead atoms. The van der Waals surface area contributed by atoms with E-state index in [1.807, 2.05) is 0 Å². The van der Waals surface area contributed by atoms with Crippen molar-refractivity contribution in [3.8, 4) is 0 Å². The minimum absolute atomic E-state index is 0.0176. The van der Waals surface area contributed by atoms with Crippen LogP contribution < -0.4 is 5.56 Å². The number of nitrogens with zero attached hydrogens (tertiary/aromatic N) is 1. The molecule has 0 radical (unpaired) electrons. The Kier molecular flexibility index (Phi) is 3.40. The Hall–Kier alpha value is -2.31. The van der Waals surface area contributed by atoms with Crippen molar-refractivity contribution < 1.29 is 19.4 Å². The predicted molar refractivity (Wildman–Crippen MR) is 72.3 cm³/mol. The van der Waals surface area contributed by atoms with E-state index in [2.05, 4.69) is 4.98 Å². The number of rotatable bonds is 2. The standard InChI is InChI=1S/C14H16N2O5/c17-12-10(13(18)19)6-8-7-16(5-4-11(8)15-12)14(20)21-9-2-1-3-9/h6,9H,1-5,7H2,(H,15,17)(H,18,19). The molecule has 1 aliphatic carbocycles. The lowest BCUT2D eigenvalue weighted by Crippen LogP contribution is -2.40. The van der Waals surface area contributed by atoms with Crippen molar-refractivity contribution in [2.75, 3.05) is 6.54 Å². The lowest BCUT2D eigenvalue weighted by atomic mass is 9.96. The molecule has 2 aliphatic rings. The van der Waals surface area contributed by atoms with E-state index in [1.165, 1.54) is 6.07 Å². The zero-order valence-electron chi connectivity index (χ0n) is 11.4. The minimum Gasteiger partial charge on any atom is -0.477 e. The molecule has 1 saturated carbocycles. The van der Waals surface area contributed by atoms with Crippen LogP contribution in [0.2, 0.25) is 0 Å². The van der Waals surface area contributed by atoms with Crippen LogP contribution in [0.1, 0.15) is 40.9 Å². The summed E-state index contributed by atoms with van der Waals surface area (Å²) in [6.07, 6.45) is 3.05. The summed E-state index contributed by atoms with van der Waals surface area (Å²) in [5, 5.41) is 8.98. The summed E-state index contributed by atoms with van der Waals surface area (Å²) in [4.78, 5) is 38.7. The summed E-state index contributed by atoms with van der Waals surface area (Å²) in [5.74, 6) is -1.27. The van der Waals surface area contributed by atoms with Gasteiger partial charge in [0, 0.05) is 18.7 Å². The average Bonchev–Trinajstić information content (AvgIpc) is 2.41. The predicted octanol–water partition coefficient (Wildman–Crippen LogP) is 1.12. The van der Waals surface area contributed by atoms with Crippen LogP contribution in [0.25, 0.3) is 0 Å². The van der Waals surface area contributed by atoms with Gasteiger partial charge < -0.3 is 19.7 Å². The number of carboxylic acid groups (broad SMARTS) is 1. The molecule has 112 valence electrons. The summed E-state index contributed by atoms with van der Waals surface area (Å²) >= 11 is 0. The van der Waals surface area contributed by atoms with Crippen molar-refractivity contribution in [1.82, 2.24) is 9.88 Å². The van der Waals surface area contributed by atoms with Gasteiger partial charge in [-0.25, -0.2) is 9.59 Å². The van der Waals surface area contributed by atoms with E-state index < -0.39 is 11.5 Å². The Morgan fingerprint density at radius 2 is 2.14 bits per heavy atom. The van der Waals surface area contributed by atoms with Gasteiger partial charge in [0.05, 0.1) is 6.54 Å². The number of carboxylic acids is 1. The van der Waals surface area contributed by atoms with Crippen LogP contribution in [0.3, 0.4) is 0 Å². The van der Waals surface area contributed by atoms with Gasteiger partial charge in [0.2, 0.25) is 0 Å². The van der Waals surface area contributed by atoms with Crippen molar-refractivity contribution in [1.29, 1.82) is 0 Å². The van der Waals surface area contributed by atoms with Crippen LogP contribution in [0.15, 0.2) is 10.9 Å². The molecule has 7 heteroatoms. The zero-order valence-corrected chi connectivity index (χ0v) is 11.4.